The first-order chi connectivity index (χ1) is 11.9. The Morgan fingerprint density at radius 2 is 2.04 bits per heavy atom. The SMILES string of the molecule is Cn1c(C(=O)N2CCC(Oc3cccc(F)n3)C2)cc(=O)n(C)c1=O. The van der Waals surface area contributed by atoms with Gasteiger partial charge in [-0.3, -0.25) is 18.7 Å². The van der Waals surface area contributed by atoms with Gasteiger partial charge in [-0.05, 0) is 6.07 Å². The third-order valence-electron chi connectivity index (χ3n) is 4.15. The second-order valence-electron chi connectivity index (χ2n) is 5.85. The van der Waals surface area contributed by atoms with Crippen LogP contribution in [0.25, 0.3) is 0 Å². The number of carbonyl (C=O) groups excluding carboxylic acids is 1. The molecule has 132 valence electrons. The van der Waals surface area contributed by atoms with Gasteiger partial charge >= 0.3 is 5.69 Å². The lowest BCUT2D eigenvalue weighted by Crippen LogP contribution is -2.42. The summed E-state index contributed by atoms with van der Waals surface area (Å²) in [6.07, 6.45) is 0.213. The lowest BCUT2D eigenvalue weighted by Gasteiger charge is -2.18. The molecule has 0 bridgehead atoms. The summed E-state index contributed by atoms with van der Waals surface area (Å²) in [7, 11) is 2.79. The Hall–Kier alpha value is -2.97. The van der Waals surface area contributed by atoms with E-state index in [-0.39, 0.29) is 24.2 Å². The second kappa shape index (κ2) is 6.50. The average molecular weight is 348 g/mol. The topological polar surface area (TPSA) is 86.4 Å². The highest BCUT2D eigenvalue weighted by molar-refractivity contribution is 5.92. The highest BCUT2D eigenvalue weighted by Gasteiger charge is 2.30. The molecule has 1 aliphatic heterocycles. The molecule has 0 radical (unpaired) electrons. The summed E-state index contributed by atoms with van der Waals surface area (Å²) < 4.78 is 20.8. The Kier molecular flexibility index (Phi) is 4.39. The molecule has 25 heavy (non-hydrogen) atoms. The van der Waals surface area contributed by atoms with E-state index in [0.29, 0.717) is 13.0 Å². The summed E-state index contributed by atoms with van der Waals surface area (Å²) in [5, 5.41) is 0. The maximum absolute atomic E-state index is 13.1. The van der Waals surface area contributed by atoms with Crippen molar-refractivity contribution in [3.63, 3.8) is 0 Å². The maximum Gasteiger partial charge on any atom is 0.331 e. The van der Waals surface area contributed by atoms with Crippen molar-refractivity contribution in [2.45, 2.75) is 12.5 Å². The Balaban J connectivity index is 1.75. The fourth-order valence-corrected chi connectivity index (χ4v) is 2.74. The third kappa shape index (κ3) is 3.30. The summed E-state index contributed by atoms with van der Waals surface area (Å²) >= 11 is 0. The summed E-state index contributed by atoms with van der Waals surface area (Å²) in [4.78, 5) is 41.5. The minimum Gasteiger partial charge on any atom is -0.472 e. The van der Waals surface area contributed by atoms with Crippen LogP contribution in [-0.2, 0) is 14.1 Å². The van der Waals surface area contributed by atoms with E-state index < -0.39 is 23.1 Å². The first-order valence-corrected chi connectivity index (χ1v) is 7.72. The number of nitrogens with zero attached hydrogens (tertiary/aromatic N) is 4. The standard InChI is InChI=1S/C16H17FN4O4/c1-19-11(8-14(22)20(2)16(19)24)15(23)21-7-6-10(9-21)25-13-5-3-4-12(17)18-13/h3-5,8,10H,6-7,9H2,1-2H3. The van der Waals surface area contributed by atoms with Gasteiger partial charge in [-0.1, -0.05) is 6.07 Å². The van der Waals surface area contributed by atoms with Crippen LogP contribution in [0.2, 0.25) is 0 Å². The number of hydrogen-bond acceptors (Lipinski definition) is 5. The molecule has 1 saturated heterocycles. The zero-order valence-corrected chi connectivity index (χ0v) is 13.8. The molecule has 0 saturated carbocycles. The van der Waals surface area contributed by atoms with Crippen LogP contribution in [0.3, 0.4) is 0 Å². The molecule has 0 aromatic carbocycles. The van der Waals surface area contributed by atoms with Crippen molar-refractivity contribution >= 4 is 5.91 Å². The van der Waals surface area contributed by atoms with Crippen molar-refractivity contribution in [1.29, 1.82) is 0 Å². The molecule has 0 N–H and O–H groups in total. The zero-order valence-electron chi connectivity index (χ0n) is 13.8. The van der Waals surface area contributed by atoms with Crippen molar-refractivity contribution in [3.05, 3.63) is 56.7 Å². The first kappa shape index (κ1) is 16.9. The number of amides is 1. The number of aromatic nitrogens is 3. The fourth-order valence-electron chi connectivity index (χ4n) is 2.74. The van der Waals surface area contributed by atoms with Crippen molar-refractivity contribution in [2.75, 3.05) is 13.1 Å². The van der Waals surface area contributed by atoms with Crippen LogP contribution in [0.4, 0.5) is 4.39 Å². The molecule has 1 atom stereocenters. The molecule has 1 amide bonds. The lowest BCUT2D eigenvalue weighted by molar-refractivity contribution is 0.0759. The molecule has 1 unspecified atom stereocenters. The van der Waals surface area contributed by atoms with E-state index in [2.05, 4.69) is 4.98 Å². The molecule has 8 nitrogen and oxygen atoms in total. The first-order valence-electron chi connectivity index (χ1n) is 7.72. The second-order valence-corrected chi connectivity index (χ2v) is 5.85. The minimum atomic E-state index is -0.640. The van der Waals surface area contributed by atoms with E-state index in [1.54, 1.807) is 0 Å². The Morgan fingerprint density at radius 3 is 2.76 bits per heavy atom. The molecule has 0 aliphatic carbocycles. The normalized spacial score (nSPS) is 16.9. The maximum atomic E-state index is 13.1. The number of rotatable bonds is 3. The number of pyridine rings is 1. The predicted octanol–water partition coefficient (Wildman–Crippen LogP) is -0.0884. The highest BCUT2D eigenvalue weighted by Crippen LogP contribution is 2.18. The van der Waals surface area contributed by atoms with Crippen LogP contribution in [0.15, 0.2) is 33.9 Å². The van der Waals surface area contributed by atoms with Gasteiger partial charge in [0.2, 0.25) is 11.8 Å². The summed E-state index contributed by atoms with van der Waals surface area (Å²) in [6, 6.07) is 5.39. The molecule has 9 heteroatoms. The van der Waals surface area contributed by atoms with Crippen molar-refractivity contribution in [3.8, 4) is 5.88 Å². The molecule has 2 aromatic heterocycles. The van der Waals surface area contributed by atoms with Crippen LogP contribution >= 0.6 is 0 Å². The Bertz CT molecular complexity index is 936. The molecular formula is C16H17FN4O4. The molecule has 1 aliphatic rings. The monoisotopic (exact) mass is 348 g/mol. The van der Waals surface area contributed by atoms with Crippen LogP contribution in [0.5, 0.6) is 5.88 Å². The van der Waals surface area contributed by atoms with Crippen molar-refractivity contribution in [1.82, 2.24) is 19.0 Å². The molecular weight excluding hydrogens is 331 g/mol. The average Bonchev–Trinajstić information content (AvgIpc) is 3.04. The lowest BCUT2D eigenvalue weighted by atomic mass is 10.3. The van der Waals surface area contributed by atoms with Gasteiger partial charge in [0.25, 0.3) is 11.5 Å². The summed E-state index contributed by atoms with van der Waals surface area (Å²) in [5.41, 5.74) is -1.08. The van der Waals surface area contributed by atoms with Crippen LogP contribution in [-0.4, -0.2) is 44.1 Å². The quantitative estimate of drug-likeness (QED) is 0.724. The van der Waals surface area contributed by atoms with Gasteiger partial charge in [0.15, 0.2) is 0 Å². The smallest absolute Gasteiger partial charge is 0.331 e. The van der Waals surface area contributed by atoms with Gasteiger partial charge in [0.05, 0.1) is 6.54 Å². The number of halogens is 1. The predicted molar refractivity (Wildman–Crippen MR) is 86.1 cm³/mol. The van der Waals surface area contributed by atoms with Crippen molar-refractivity contribution < 1.29 is 13.9 Å². The molecule has 0 spiro atoms. The van der Waals surface area contributed by atoms with Gasteiger partial charge in [0, 0.05) is 39.2 Å². The number of hydrogen-bond donors (Lipinski definition) is 0. The largest absolute Gasteiger partial charge is 0.472 e. The van der Waals surface area contributed by atoms with Crippen molar-refractivity contribution in [2.24, 2.45) is 14.1 Å². The number of carbonyl (C=O) groups is 1. The fraction of sp³-hybridized carbons (Fsp3) is 0.375. The Morgan fingerprint density at radius 1 is 1.28 bits per heavy atom. The van der Waals surface area contributed by atoms with E-state index in [1.165, 1.54) is 37.2 Å². The van der Waals surface area contributed by atoms with Crippen LogP contribution < -0.4 is 16.0 Å². The Labute approximate surface area is 142 Å². The van der Waals surface area contributed by atoms with Gasteiger partial charge in [-0.25, -0.2) is 4.79 Å². The van der Waals surface area contributed by atoms with E-state index in [9.17, 15) is 18.8 Å². The van der Waals surface area contributed by atoms with Gasteiger partial charge in [-0.2, -0.15) is 9.37 Å². The van der Waals surface area contributed by atoms with Crippen LogP contribution in [0.1, 0.15) is 16.9 Å². The van der Waals surface area contributed by atoms with E-state index >= 15 is 0 Å². The molecule has 1 fully saturated rings. The van der Waals surface area contributed by atoms with E-state index in [0.717, 1.165) is 15.2 Å². The van der Waals surface area contributed by atoms with Crippen LogP contribution in [0, 0.1) is 5.95 Å². The molecule has 2 aromatic rings. The highest BCUT2D eigenvalue weighted by atomic mass is 19.1. The number of likely N-dealkylation sites (tertiary alicyclic amines) is 1. The van der Waals surface area contributed by atoms with Gasteiger partial charge < -0.3 is 9.64 Å². The van der Waals surface area contributed by atoms with E-state index in [4.69, 9.17) is 4.74 Å². The zero-order chi connectivity index (χ0) is 18.1. The summed E-state index contributed by atoms with van der Waals surface area (Å²) in [6.45, 7) is 0.669. The number of ether oxygens (including phenoxy) is 1. The molecule has 3 rings (SSSR count). The van der Waals surface area contributed by atoms with E-state index in [1.807, 2.05) is 0 Å². The summed E-state index contributed by atoms with van der Waals surface area (Å²) in [5.74, 6) is -0.908. The van der Waals surface area contributed by atoms with Gasteiger partial charge in [0.1, 0.15) is 11.8 Å². The van der Waals surface area contributed by atoms with Gasteiger partial charge in [-0.15, -0.1) is 0 Å². The molecule has 3 heterocycles. The third-order valence-corrected chi connectivity index (χ3v) is 4.15. The minimum absolute atomic E-state index is 0.0256.